The van der Waals surface area contributed by atoms with E-state index in [4.69, 9.17) is 14.2 Å². The summed E-state index contributed by atoms with van der Waals surface area (Å²) in [6.45, 7) is 3.92. The Morgan fingerprint density at radius 3 is 2.73 bits per heavy atom. The average Bonchev–Trinajstić information content (AvgIpc) is 3.59. The van der Waals surface area contributed by atoms with Crippen molar-refractivity contribution in [2.75, 3.05) is 26.9 Å². The number of tetrazole rings is 1. The quantitative estimate of drug-likeness (QED) is 0.522. The van der Waals surface area contributed by atoms with Gasteiger partial charge in [-0.05, 0) is 60.4 Å². The van der Waals surface area contributed by atoms with Crippen molar-refractivity contribution in [3.8, 4) is 5.75 Å². The maximum atomic E-state index is 12.9. The molecule has 2 saturated heterocycles. The highest BCUT2D eigenvalue weighted by molar-refractivity contribution is 5.80. The lowest BCUT2D eigenvalue weighted by molar-refractivity contribution is 0.0647. The monoisotopic (exact) mass is 454 g/mol. The van der Waals surface area contributed by atoms with Crippen LogP contribution in [0, 0.1) is 0 Å². The fraction of sp³-hybridized carbons (Fsp3) is 0.565. The summed E-state index contributed by atoms with van der Waals surface area (Å²) in [6, 6.07) is 7.58. The predicted molar refractivity (Wildman–Crippen MR) is 121 cm³/mol. The van der Waals surface area contributed by atoms with E-state index in [9.17, 15) is 4.79 Å². The lowest BCUT2D eigenvalue weighted by Crippen LogP contribution is -2.34. The number of hydrogen-bond donors (Lipinski definition) is 1. The molecule has 5 rings (SSSR count). The molecule has 0 saturated carbocycles. The summed E-state index contributed by atoms with van der Waals surface area (Å²) in [4.78, 5) is 18.0. The maximum absolute atomic E-state index is 12.9. The highest BCUT2D eigenvalue weighted by Gasteiger charge is 2.24. The van der Waals surface area contributed by atoms with Gasteiger partial charge in [-0.3, -0.25) is 9.69 Å². The predicted octanol–water partition coefficient (Wildman–Crippen LogP) is 1.88. The molecule has 3 aromatic rings. The Bertz CT molecular complexity index is 1130. The second-order valence-electron chi connectivity index (χ2n) is 8.79. The van der Waals surface area contributed by atoms with Crippen molar-refractivity contribution >= 4 is 10.9 Å². The second kappa shape index (κ2) is 9.98. The van der Waals surface area contributed by atoms with E-state index in [1.54, 1.807) is 7.11 Å². The normalized spacial score (nSPS) is 20.8. The van der Waals surface area contributed by atoms with Crippen molar-refractivity contribution in [3.63, 3.8) is 0 Å². The van der Waals surface area contributed by atoms with Crippen LogP contribution in [-0.2, 0) is 29.1 Å². The number of rotatable bonds is 9. The number of benzene rings is 1. The van der Waals surface area contributed by atoms with Crippen LogP contribution in [0.15, 0.2) is 29.1 Å². The van der Waals surface area contributed by atoms with Gasteiger partial charge in [-0.25, -0.2) is 4.68 Å². The molecule has 1 N–H and O–H groups in total. The SMILES string of the molecule is COc1ccc2[nH]c(=O)c(CN(Cc3nnnn3C[C@@H]3CCCO3)C[C@@H]3CCCO3)cc2c1. The molecule has 4 heterocycles. The van der Waals surface area contributed by atoms with Crippen LogP contribution < -0.4 is 10.3 Å². The number of hydrogen-bond acceptors (Lipinski definition) is 8. The number of methoxy groups -OCH3 is 1. The lowest BCUT2D eigenvalue weighted by atomic mass is 10.1. The zero-order valence-corrected chi connectivity index (χ0v) is 18.9. The van der Waals surface area contributed by atoms with E-state index >= 15 is 0 Å². The number of fused-ring (bicyclic) bond motifs is 1. The van der Waals surface area contributed by atoms with Gasteiger partial charge in [-0.2, -0.15) is 0 Å². The van der Waals surface area contributed by atoms with E-state index in [2.05, 4.69) is 25.4 Å². The van der Waals surface area contributed by atoms with Crippen LogP contribution in [0.3, 0.4) is 0 Å². The van der Waals surface area contributed by atoms with Gasteiger partial charge in [0.15, 0.2) is 5.82 Å². The van der Waals surface area contributed by atoms with Gasteiger partial charge >= 0.3 is 0 Å². The Labute approximate surface area is 191 Å². The van der Waals surface area contributed by atoms with Gasteiger partial charge in [0.25, 0.3) is 5.56 Å². The van der Waals surface area contributed by atoms with Gasteiger partial charge < -0.3 is 19.2 Å². The van der Waals surface area contributed by atoms with Gasteiger partial charge in [0.05, 0.1) is 32.4 Å². The zero-order chi connectivity index (χ0) is 22.6. The summed E-state index contributed by atoms with van der Waals surface area (Å²) >= 11 is 0. The van der Waals surface area contributed by atoms with Gasteiger partial charge in [-0.1, -0.05) is 0 Å². The summed E-state index contributed by atoms with van der Waals surface area (Å²) in [5.41, 5.74) is 1.38. The molecule has 0 bridgehead atoms. The van der Waals surface area contributed by atoms with Crippen molar-refractivity contribution in [1.82, 2.24) is 30.1 Å². The Morgan fingerprint density at radius 2 is 1.97 bits per heavy atom. The number of ether oxygens (including phenoxy) is 3. The molecule has 0 spiro atoms. The van der Waals surface area contributed by atoms with E-state index in [1.165, 1.54) is 0 Å². The Hall–Kier alpha value is -2.82. The molecule has 0 unspecified atom stereocenters. The van der Waals surface area contributed by atoms with Crippen LogP contribution in [-0.4, -0.2) is 69.2 Å². The first-order valence-corrected chi connectivity index (χ1v) is 11.6. The molecule has 2 fully saturated rings. The lowest BCUT2D eigenvalue weighted by Gasteiger charge is -2.25. The molecular formula is C23H30N6O4. The first-order valence-electron chi connectivity index (χ1n) is 11.6. The summed E-state index contributed by atoms with van der Waals surface area (Å²) in [7, 11) is 1.64. The van der Waals surface area contributed by atoms with Gasteiger partial charge in [0.2, 0.25) is 0 Å². The maximum Gasteiger partial charge on any atom is 0.252 e. The molecule has 1 aromatic carbocycles. The highest BCUT2D eigenvalue weighted by Crippen LogP contribution is 2.21. The van der Waals surface area contributed by atoms with Crippen LogP contribution in [0.2, 0.25) is 0 Å². The smallest absolute Gasteiger partial charge is 0.252 e. The van der Waals surface area contributed by atoms with E-state index in [0.29, 0.717) is 31.7 Å². The third kappa shape index (κ3) is 5.23. The minimum Gasteiger partial charge on any atom is -0.497 e. The minimum absolute atomic E-state index is 0.0936. The molecule has 2 atom stereocenters. The van der Waals surface area contributed by atoms with Crippen molar-refractivity contribution in [3.05, 3.63) is 46.0 Å². The van der Waals surface area contributed by atoms with Crippen molar-refractivity contribution in [2.24, 2.45) is 0 Å². The topological polar surface area (TPSA) is 107 Å². The third-order valence-electron chi connectivity index (χ3n) is 6.38. The number of nitrogens with zero attached hydrogens (tertiary/aromatic N) is 5. The molecule has 10 nitrogen and oxygen atoms in total. The Balaban J connectivity index is 1.38. The molecular weight excluding hydrogens is 424 g/mol. The van der Waals surface area contributed by atoms with E-state index < -0.39 is 0 Å². The molecule has 2 aliphatic heterocycles. The summed E-state index contributed by atoms with van der Waals surface area (Å²) in [6.07, 6.45) is 4.47. The molecule has 0 aliphatic carbocycles. The summed E-state index contributed by atoms with van der Waals surface area (Å²) in [5, 5.41) is 13.3. The summed E-state index contributed by atoms with van der Waals surface area (Å²) in [5.74, 6) is 1.52. The van der Waals surface area contributed by atoms with E-state index in [0.717, 1.165) is 61.4 Å². The Kier molecular flexibility index (Phi) is 6.65. The van der Waals surface area contributed by atoms with Gasteiger partial charge in [0, 0.05) is 42.8 Å². The fourth-order valence-electron chi connectivity index (χ4n) is 4.64. The van der Waals surface area contributed by atoms with Gasteiger partial charge in [-0.15, -0.1) is 5.10 Å². The molecule has 0 radical (unpaired) electrons. The third-order valence-corrected chi connectivity index (χ3v) is 6.38. The molecule has 0 amide bonds. The van der Waals surface area contributed by atoms with Crippen molar-refractivity contribution in [1.29, 1.82) is 0 Å². The Morgan fingerprint density at radius 1 is 1.15 bits per heavy atom. The molecule has 2 aliphatic rings. The largest absolute Gasteiger partial charge is 0.497 e. The fourth-order valence-corrected chi connectivity index (χ4v) is 4.64. The number of nitrogens with one attached hydrogen (secondary N) is 1. The van der Waals surface area contributed by atoms with Crippen molar-refractivity contribution < 1.29 is 14.2 Å². The second-order valence-corrected chi connectivity index (χ2v) is 8.79. The number of pyridine rings is 1. The van der Waals surface area contributed by atoms with Crippen LogP contribution in [0.1, 0.15) is 37.1 Å². The molecule has 176 valence electrons. The van der Waals surface area contributed by atoms with E-state index in [-0.39, 0.29) is 17.8 Å². The van der Waals surface area contributed by atoms with Gasteiger partial charge in [0.1, 0.15) is 5.75 Å². The first kappa shape index (κ1) is 22.0. The van der Waals surface area contributed by atoms with Crippen LogP contribution in [0.4, 0.5) is 0 Å². The first-order chi connectivity index (χ1) is 16.2. The van der Waals surface area contributed by atoms with E-state index in [1.807, 2.05) is 28.9 Å². The highest BCUT2D eigenvalue weighted by atomic mass is 16.5. The van der Waals surface area contributed by atoms with Crippen LogP contribution >= 0.6 is 0 Å². The average molecular weight is 455 g/mol. The van der Waals surface area contributed by atoms with Crippen LogP contribution in [0.5, 0.6) is 5.75 Å². The molecule has 10 heteroatoms. The zero-order valence-electron chi connectivity index (χ0n) is 18.9. The minimum atomic E-state index is -0.0936. The number of H-pyrrole nitrogens is 1. The van der Waals surface area contributed by atoms with Crippen molar-refractivity contribution in [2.45, 2.75) is 57.5 Å². The number of aromatic nitrogens is 5. The molecule has 33 heavy (non-hydrogen) atoms. The molecule has 2 aromatic heterocycles. The number of aromatic amines is 1. The van der Waals surface area contributed by atoms with Crippen LogP contribution in [0.25, 0.3) is 10.9 Å². The summed E-state index contributed by atoms with van der Waals surface area (Å²) < 4.78 is 18.8. The standard InChI is InChI=1S/C23H30N6O4/c1-31-18-6-7-21-16(11-18)10-17(23(30)24-21)12-28(13-19-4-2-8-32-19)15-22-25-26-27-29(22)14-20-5-3-9-33-20/h6-7,10-11,19-20H,2-5,8-9,12-15H2,1H3,(H,24,30)/t19-,20-/m0/s1.